The Morgan fingerprint density at radius 2 is 2.17 bits per heavy atom. The van der Waals surface area contributed by atoms with Crippen LogP contribution < -0.4 is 5.73 Å². The van der Waals surface area contributed by atoms with Crippen LogP contribution in [0.2, 0.25) is 0 Å². The number of ether oxygens (including phenoxy) is 1. The Balaban J connectivity index is 3.08. The number of hydrogen-bond donors (Lipinski definition) is 1. The fourth-order valence-corrected chi connectivity index (χ4v) is 1.68. The topological polar surface area (TPSA) is 52.3 Å². The third kappa shape index (κ3) is 3.02. The van der Waals surface area contributed by atoms with Gasteiger partial charge in [0, 0.05) is 10.0 Å². The maximum absolute atomic E-state index is 13.6. The zero-order chi connectivity index (χ0) is 13.9. The minimum atomic E-state index is -3.99. The second-order valence-corrected chi connectivity index (χ2v) is 4.40. The Morgan fingerprint density at radius 1 is 1.56 bits per heavy atom. The van der Waals surface area contributed by atoms with Gasteiger partial charge in [-0.2, -0.15) is 8.78 Å². The van der Waals surface area contributed by atoms with Crippen LogP contribution in [0.5, 0.6) is 0 Å². The van der Waals surface area contributed by atoms with E-state index in [4.69, 9.17) is 5.73 Å². The van der Waals surface area contributed by atoms with Crippen molar-refractivity contribution in [1.82, 2.24) is 0 Å². The number of halogens is 4. The predicted octanol–water partition coefficient (Wildman–Crippen LogP) is 2.79. The first-order chi connectivity index (χ1) is 8.30. The van der Waals surface area contributed by atoms with Gasteiger partial charge in [0.25, 0.3) is 0 Å². The highest BCUT2D eigenvalue weighted by Gasteiger charge is 2.48. The second kappa shape index (κ2) is 5.71. The van der Waals surface area contributed by atoms with Crippen molar-refractivity contribution < 1.29 is 22.7 Å². The van der Waals surface area contributed by atoms with Crippen LogP contribution in [0.25, 0.3) is 0 Å². The van der Waals surface area contributed by atoms with E-state index in [-0.39, 0.29) is 6.61 Å². The minimum absolute atomic E-state index is 0.206. The number of hydrogen-bond acceptors (Lipinski definition) is 3. The SMILES string of the molecule is CCOC(=O)C(F)(F)[C@@H](N)c1cc(Br)ccc1F. The van der Waals surface area contributed by atoms with Crippen LogP contribution in [0.15, 0.2) is 22.7 Å². The molecule has 0 heterocycles. The van der Waals surface area contributed by atoms with Crippen LogP contribution in [0.4, 0.5) is 13.2 Å². The maximum Gasteiger partial charge on any atom is 0.379 e. The molecule has 0 saturated carbocycles. The summed E-state index contributed by atoms with van der Waals surface area (Å²) in [6, 6.07) is 1.33. The van der Waals surface area contributed by atoms with Gasteiger partial charge in [-0.15, -0.1) is 0 Å². The van der Waals surface area contributed by atoms with Gasteiger partial charge in [0.1, 0.15) is 11.9 Å². The number of esters is 1. The van der Waals surface area contributed by atoms with E-state index in [9.17, 15) is 18.0 Å². The van der Waals surface area contributed by atoms with E-state index in [0.717, 1.165) is 12.1 Å². The quantitative estimate of drug-likeness (QED) is 0.866. The smallest absolute Gasteiger partial charge is 0.379 e. The van der Waals surface area contributed by atoms with Crippen LogP contribution in [0.3, 0.4) is 0 Å². The highest BCUT2D eigenvalue weighted by Crippen LogP contribution is 2.33. The van der Waals surface area contributed by atoms with Gasteiger partial charge in [0.05, 0.1) is 6.61 Å². The molecule has 0 aliphatic carbocycles. The molecule has 0 radical (unpaired) electrons. The molecule has 3 nitrogen and oxygen atoms in total. The summed E-state index contributed by atoms with van der Waals surface area (Å²) in [6.07, 6.45) is 0. The van der Waals surface area contributed by atoms with Crippen LogP contribution in [-0.2, 0) is 9.53 Å². The van der Waals surface area contributed by atoms with Gasteiger partial charge in [-0.3, -0.25) is 0 Å². The fourth-order valence-electron chi connectivity index (χ4n) is 1.30. The molecule has 0 amide bonds. The maximum atomic E-state index is 13.6. The van der Waals surface area contributed by atoms with Crippen LogP contribution in [0, 0.1) is 5.82 Å². The highest BCUT2D eigenvalue weighted by atomic mass is 79.9. The van der Waals surface area contributed by atoms with Crippen LogP contribution in [0.1, 0.15) is 18.5 Å². The fraction of sp³-hybridized carbons (Fsp3) is 0.364. The van der Waals surface area contributed by atoms with Crippen molar-refractivity contribution in [1.29, 1.82) is 0 Å². The molecule has 1 aromatic rings. The normalized spacial score (nSPS) is 13.2. The molecule has 0 bridgehead atoms. The summed E-state index contributed by atoms with van der Waals surface area (Å²) in [4.78, 5) is 11.1. The number of rotatable bonds is 4. The first kappa shape index (κ1) is 15.0. The average Bonchev–Trinajstić information content (AvgIpc) is 2.31. The Morgan fingerprint density at radius 3 is 2.72 bits per heavy atom. The number of benzene rings is 1. The third-order valence-corrected chi connectivity index (χ3v) is 2.72. The van der Waals surface area contributed by atoms with Gasteiger partial charge in [-0.1, -0.05) is 15.9 Å². The van der Waals surface area contributed by atoms with Crippen molar-refractivity contribution in [3.63, 3.8) is 0 Å². The van der Waals surface area contributed by atoms with Gasteiger partial charge in [-0.05, 0) is 25.1 Å². The van der Waals surface area contributed by atoms with Crippen molar-refractivity contribution in [2.75, 3.05) is 6.61 Å². The predicted molar refractivity (Wildman–Crippen MR) is 62.6 cm³/mol. The molecular formula is C11H11BrF3NO2. The summed E-state index contributed by atoms with van der Waals surface area (Å²) < 4.78 is 45.2. The zero-order valence-electron chi connectivity index (χ0n) is 9.42. The van der Waals surface area contributed by atoms with Crippen molar-refractivity contribution in [2.45, 2.75) is 18.9 Å². The van der Waals surface area contributed by atoms with Crippen molar-refractivity contribution in [3.05, 3.63) is 34.1 Å². The van der Waals surface area contributed by atoms with Crippen LogP contribution in [-0.4, -0.2) is 18.5 Å². The lowest BCUT2D eigenvalue weighted by atomic mass is 10.0. The summed E-state index contributed by atoms with van der Waals surface area (Å²) in [6.45, 7) is 1.18. The van der Waals surface area contributed by atoms with Crippen molar-refractivity contribution in [3.8, 4) is 0 Å². The highest BCUT2D eigenvalue weighted by molar-refractivity contribution is 9.10. The lowest BCUT2D eigenvalue weighted by molar-refractivity contribution is -0.174. The molecule has 100 valence electrons. The molecule has 0 saturated heterocycles. The summed E-state index contributed by atoms with van der Waals surface area (Å²) >= 11 is 3.02. The molecule has 0 aliphatic heterocycles. The molecule has 1 rings (SSSR count). The number of alkyl halides is 2. The van der Waals surface area contributed by atoms with Crippen LogP contribution >= 0.6 is 15.9 Å². The van der Waals surface area contributed by atoms with E-state index in [1.54, 1.807) is 0 Å². The summed E-state index contributed by atoms with van der Waals surface area (Å²) in [5.74, 6) is -6.66. The molecule has 18 heavy (non-hydrogen) atoms. The van der Waals surface area contributed by atoms with Crippen molar-refractivity contribution in [2.24, 2.45) is 5.73 Å². The number of carbonyl (C=O) groups is 1. The van der Waals surface area contributed by atoms with E-state index in [1.807, 2.05) is 0 Å². The average molecular weight is 326 g/mol. The Bertz CT molecular complexity index is 454. The molecule has 1 aromatic carbocycles. The van der Waals surface area contributed by atoms with E-state index >= 15 is 0 Å². The third-order valence-electron chi connectivity index (χ3n) is 2.23. The molecular weight excluding hydrogens is 315 g/mol. The first-order valence-corrected chi connectivity index (χ1v) is 5.85. The monoisotopic (exact) mass is 325 g/mol. The molecule has 0 aliphatic rings. The Hall–Kier alpha value is -1.08. The largest absolute Gasteiger partial charge is 0.462 e. The van der Waals surface area contributed by atoms with Gasteiger partial charge in [-0.25, -0.2) is 9.18 Å². The Kier molecular flexibility index (Phi) is 4.75. The minimum Gasteiger partial charge on any atom is -0.462 e. The van der Waals surface area contributed by atoms with E-state index in [2.05, 4.69) is 20.7 Å². The molecule has 0 spiro atoms. The van der Waals surface area contributed by atoms with E-state index in [1.165, 1.54) is 13.0 Å². The first-order valence-electron chi connectivity index (χ1n) is 5.06. The van der Waals surface area contributed by atoms with Gasteiger partial charge >= 0.3 is 11.9 Å². The molecule has 0 fully saturated rings. The molecule has 1 atom stereocenters. The molecule has 7 heteroatoms. The summed E-state index contributed by atoms with van der Waals surface area (Å²) in [7, 11) is 0. The lowest BCUT2D eigenvalue weighted by Crippen LogP contribution is -2.42. The lowest BCUT2D eigenvalue weighted by Gasteiger charge is -2.22. The van der Waals surface area contributed by atoms with Gasteiger partial charge in [0.2, 0.25) is 0 Å². The Labute approximate surface area is 110 Å². The summed E-state index contributed by atoms with van der Waals surface area (Å²) in [5.41, 5.74) is 4.81. The second-order valence-electron chi connectivity index (χ2n) is 3.49. The van der Waals surface area contributed by atoms with Gasteiger partial charge in [0.15, 0.2) is 0 Å². The molecule has 2 N–H and O–H groups in total. The van der Waals surface area contributed by atoms with Crippen molar-refractivity contribution >= 4 is 21.9 Å². The standard InChI is InChI=1S/C11H11BrF3NO2/c1-2-18-10(17)11(14,15)9(16)7-5-6(12)3-4-8(7)13/h3-5,9H,2,16H2,1H3/t9-/m0/s1. The zero-order valence-corrected chi connectivity index (χ0v) is 11.0. The number of carbonyl (C=O) groups excluding carboxylic acids is 1. The molecule has 0 aromatic heterocycles. The molecule has 0 unspecified atom stereocenters. The summed E-state index contributed by atoms with van der Waals surface area (Å²) in [5, 5.41) is 0. The van der Waals surface area contributed by atoms with E-state index in [0.29, 0.717) is 4.47 Å². The van der Waals surface area contributed by atoms with E-state index < -0.39 is 29.3 Å². The number of nitrogens with two attached hydrogens (primary N) is 1. The van der Waals surface area contributed by atoms with Gasteiger partial charge < -0.3 is 10.5 Å².